The van der Waals surface area contributed by atoms with Gasteiger partial charge in [0.05, 0.1) is 4.92 Å². The third-order valence-corrected chi connectivity index (χ3v) is 4.02. The number of nitro benzene ring substituents is 1. The standard InChI is InChI=1S/C16H15FN6O3/c1-9-12(10(2)22-16(20-9)18-8-19-22)4-6-15(24)21-11-3-5-13(17)14(7-11)23(25)26/h3,5,7-8H,4,6H2,1-2H3,(H,21,24). The van der Waals surface area contributed by atoms with Crippen LogP contribution in [0.15, 0.2) is 24.5 Å². The van der Waals surface area contributed by atoms with E-state index in [2.05, 4.69) is 20.4 Å². The Hall–Kier alpha value is -3.43. The first-order valence-corrected chi connectivity index (χ1v) is 7.76. The van der Waals surface area contributed by atoms with Crippen LogP contribution >= 0.6 is 0 Å². The number of nitrogens with one attached hydrogen (secondary N) is 1. The fourth-order valence-electron chi connectivity index (χ4n) is 2.71. The van der Waals surface area contributed by atoms with E-state index >= 15 is 0 Å². The highest BCUT2D eigenvalue weighted by Gasteiger charge is 2.16. The van der Waals surface area contributed by atoms with Crippen molar-refractivity contribution in [2.75, 3.05) is 5.32 Å². The van der Waals surface area contributed by atoms with Crippen LogP contribution in [0.2, 0.25) is 0 Å². The maximum absolute atomic E-state index is 13.3. The molecule has 0 aliphatic carbocycles. The van der Waals surface area contributed by atoms with E-state index in [-0.39, 0.29) is 18.0 Å². The van der Waals surface area contributed by atoms with Gasteiger partial charge in [0.15, 0.2) is 0 Å². The van der Waals surface area contributed by atoms with Crippen LogP contribution in [0, 0.1) is 29.8 Å². The molecule has 1 aromatic carbocycles. The van der Waals surface area contributed by atoms with E-state index in [1.807, 2.05) is 13.8 Å². The minimum atomic E-state index is -0.952. The van der Waals surface area contributed by atoms with E-state index in [1.165, 1.54) is 12.4 Å². The molecule has 3 aromatic rings. The van der Waals surface area contributed by atoms with Gasteiger partial charge < -0.3 is 5.32 Å². The number of fused-ring (bicyclic) bond motifs is 1. The van der Waals surface area contributed by atoms with Crippen molar-refractivity contribution in [3.63, 3.8) is 0 Å². The summed E-state index contributed by atoms with van der Waals surface area (Å²) in [5, 5.41) is 17.4. The Labute approximate surface area is 147 Å². The van der Waals surface area contributed by atoms with Crippen LogP contribution in [0.1, 0.15) is 23.4 Å². The Bertz CT molecular complexity index is 1020. The third-order valence-electron chi connectivity index (χ3n) is 4.02. The Morgan fingerprint density at radius 2 is 2.15 bits per heavy atom. The molecule has 0 bridgehead atoms. The van der Waals surface area contributed by atoms with E-state index in [0.29, 0.717) is 12.2 Å². The number of hydrogen-bond donors (Lipinski definition) is 1. The van der Waals surface area contributed by atoms with Crippen LogP contribution < -0.4 is 5.32 Å². The second-order valence-corrected chi connectivity index (χ2v) is 5.70. The molecule has 0 saturated carbocycles. The zero-order valence-electron chi connectivity index (χ0n) is 14.1. The molecule has 2 heterocycles. The molecule has 1 N–H and O–H groups in total. The molecule has 1 amide bonds. The lowest BCUT2D eigenvalue weighted by Gasteiger charge is -2.10. The van der Waals surface area contributed by atoms with Crippen molar-refractivity contribution in [2.45, 2.75) is 26.7 Å². The van der Waals surface area contributed by atoms with Gasteiger partial charge in [-0.3, -0.25) is 14.9 Å². The van der Waals surface area contributed by atoms with Crippen molar-refractivity contribution in [1.82, 2.24) is 19.6 Å². The second kappa shape index (κ2) is 6.82. The molecule has 0 fully saturated rings. The molecule has 0 spiro atoms. The van der Waals surface area contributed by atoms with Crippen LogP contribution in [-0.4, -0.2) is 30.4 Å². The van der Waals surface area contributed by atoms with Crippen molar-refractivity contribution in [3.8, 4) is 0 Å². The Morgan fingerprint density at radius 3 is 2.88 bits per heavy atom. The predicted octanol–water partition coefficient (Wildman–Crippen LogP) is 2.36. The lowest BCUT2D eigenvalue weighted by molar-refractivity contribution is -0.387. The van der Waals surface area contributed by atoms with Gasteiger partial charge in [0, 0.05) is 29.6 Å². The fraction of sp³-hybridized carbons (Fsp3) is 0.250. The zero-order chi connectivity index (χ0) is 18.8. The fourth-order valence-corrected chi connectivity index (χ4v) is 2.71. The van der Waals surface area contributed by atoms with Crippen molar-refractivity contribution in [2.24, 2.45) is 0 Å². The van der Waals surface area contributed by atoms with Crippen LogP contribution in [0.25, 0.3) is 5.78 Å². The Balaban J connectivity index is 1.72. The van der Waals surface area contributed by atoms with Crippen molar-refractivity contribution < 1.29 is 14.1 Å². The van der Waals surface area contributed by atoms with Gasteiger partial charge in [-0.05, 0) is 38.0 Å². The summed E-state index contributed by atoms with van der Waals surface area (Å²) in [5.74, 6) is -0.804. The summed E-state index contributed by atoms with van der Waals surface area (Å²) in [4.78, 5) is 30.5. The number of nitro groups is 1. The van der Waals surface area contributed by atoms with Crippen molar-refractivity contribution >= 4 is 23.1 Å². The molecule has 134 valence electrons. The molecule has 2 aromatic heterocycles. The summed E-state index contributed by atoms with van der Waals surface area (Å²) < 4.78 is 14.9. The molecule has 0 unspecified atom stereocenters. The number of benzene rings is 1. The van der Waals surface area contributed by atoms with E-state index in [4.69, 9.17) is 0 Å². The molecular formula is C16H15FN6O3. The van der Waals surface area contributed by atoms with Gasteiger partial charge in [0.1, 0.15) is 6.33 Å². The number of aryl methyl sites for hydroxylation is 2. The molecule has 3 rings (SSSR count). The lowest BCUT2D eigenvalue weighted by Crippen LogP contribution is -2.14. The van der Waals surface area contributed by atoms with Gasteiger partial charge in [-0.1, -0.05) is 0 Å². The Morgan fingerprint density at radius 1 is 1.38 bits per heavy atom. The average Bonchev–Trinajstić information content (AvgIpc) is 3.04. The molecule has 26 heavy (non-hydrogen) atoms. The molecule has 0 saturated heterocycles. The normalized spacial score (nSPS) is 10.9. The number of carbonyl (C=O) groups is 1. The predicted molar refractivity (Wildman–Crippen MR) is 90.3 cm³/mol. The Kier molecular flexibility index (Phi) is 4.57. The maximum Gasteiger partial charge on any atom is 0.306 e. The molecule has 10 heteroatoms. The average molecular weight is 358 g/mol. The molecule has 0 atom stereocenters. The molecule has 0 aliphatic rings. The first-order chi connectivity index (χ1) is 12.4. The van der Waals surface area contributed by atoms with Crippen LogP contribution in [0.5, 0.6) is 0 Å². The number of halogens is 1. The molecule has 0 aliphatic heterocycles. The maximum atomic E-state index is 13.3. The highest BCUT2D eigenvalue weighted by molar-refractivity contribution is 5.91. The topological polar surface area (TPSA) is 115 Å². The monoisotopic (exact) mass is 358 g/mol. The van der Waals surface area contributed by atoms with E-state index in [1.54, 1.807) is 4.52 Å². The first-order valence-electron chi connectivity index (χ1n) is 7.76. The quantitative estimate of drug-likeness (QED) is 0.553. The summed E-state index contributed by atoms with van der Waals surface area (Å²) >= 11 is 0. The van der Waals surface area contributed by atoms with E-state index in [9.17, 15) is 19.3 Å². The lowest BCUT2D eigenvalue weighted by atomic mass is 10.1. The second-order valence-electron chi connectivity index (χ2n) is 5.70. The van der Waals surface area contributed by atoms with Crippen LogP contribution in [0.3, 0.4) is 0 Å². The van der Waals surface area contributed by atoms with Crippen molar-refractivity contribution in [3.05, 3.63) is 57.4 Å². The molecule has 9 nitrogen and oxygen atoms in total. The van der Waals surface area contributed by atoms with Gasteiger partial charge in [0.25, 0.3) is 5.78 Å². The third kappa shape index (κ3) is 3.34. The summed E-state index contributed by atoms with van der Waals surface area (Å²) in [6.45, 7) is 3.70. The number of anilines is 1. The zero-order valence-corrected chi connectivity index (χ0v) is 14.1. The number of carbonyl (C=O) groups excluding carboxylic acids is 1. The van der Waals surface area contributed by atoms with Crippen molar-refractivity contribution in [1.29, 1.82) is 0 Å². The molecular weight excluding hydrogens is 343 g/mol. The highest BCUT2D eigenvalue weighted by Crippen LogP contribution is 2.22. The minimum absolute atomic E-state index is 0.134. The summed E-state index contributed by atoms with van der Waals surface area (Å²) in [7, 11) is 0. The first kappa shape index (κ1) is 17.4. The smallest absolute Gasteiger partial charge is 0.306 e. The summed E-state index contributed by atoms with van der Waals surface area (Å²) in [6, 6.07) is 3.22. The number of nitrogens with zero attached hydrogens (tertiary/aromatic N) is 5. The number of aromatic nitrogens is 4. The number of rotatable bonds is 5. The van der Waals surface area contributed by atoms with Gasteiger partial charge in [-0.25, -0.2) is 9.50 Å². The minimum Gasteiger partial charge on any atom is -0.326 e. The van der Waals surface area contributed by atoms with Gasteiger partial charge in [0.2, 0.25) is 11.7 Å². The highest BCUT2D eigenvalue weighted by atomic mass is 19.1. The van der Waals surface area contributed by atoms with Gasteiger partial charge in [-0.2, -0.15) is 14.5 Å². The largest absolute Gasteiger partial charge is 0.326 e. The van der Waals surface area contributed by atoms with E-state index < -0.39 is 16.4 Å². The summed E-state index contributed by atoms with van der Waals surface area (Å²) in [5.41, 5.74) is 1.96. The van der Waals surface area contributed by atoms with Crippen LogP contribution in [-0.2, 0) is 11.2 Å². The number of hydrogen-bond acceptors (Lipinski definition) is 6. The van der Waals surface area contributed by atoms with E-state index in [0.717, 1.165) is 29.1 Å². The van der Waals surface area contributed by atoms with Crippen LogP contribution in [0.4, 0.5) is 15.8 Å². The summed E-state index contributed by atoms with van der Waals surface area (Å²) in [6.07, 6.45) is 1.96. The SMILES string of the molecule is Cc1nc2ncnn2c(C)c1CCC(=O)Nc1ccc(F)c([N+](=O)[O-])c1. The van der Waals surface area contributed by atoms with Gasteiger partial charge in [-0.15, -0.1) is 0 Å². The number of amides is 1. The molecule has 0 radical (unpaired) electrons. The van der Waals surface area contributed by atoms with Gasteiger partial charge >= 0.3 is 5.69 Å².